The minimum atomic E-state index is -0.615. The number of benzene rings is 5. The molecule has 6 aromatic rings. The van der Waals surface area contributed by atoms with Crippen molar-refractivity contribution in [1.29, 1.82) is 0 Å². The van der Waals surface area contributed by atoms with Gasteiger partial charge >= 0.3 is 5.97 Å². The Labute approximate surface area is 259 Å². The van der Waals surface area contributed by atoms with Gasteiger partial charge in [0.25, 0.3) is 5.91 Å². The van der Waals surface area contributed by atoms with E-state index in [1.54, 1.807) is 48.5 Å². The summed E-state index contributed by atoms with van der Waals surface area (Å²) in [4.78, 5) is 29.7. The molecule has 42 heavy (non-hydrogen) atoms. The third kappa shape index (κ3) is 5.42. The number of nitrogens with zero attached hydrogens (tertiary/aromatic N) is 1. The van der Waals surface area contributed by atoms with E-state index in [9.17, 15) is 9.59 Å². The first-order valence-corrected chi connectivity index (χ1v) is 14.3. The number of esters is 1. The first kappa shape index (κ1) is 27.7. The van der Waals surface area contributed by atoms with E-state index >= 15 is 0 Å². The number of carbonyl (C=O) groups excluding carboxylic acids is 2. The van der Waals surface area contributed by atoms with Gasteiger partial charge in [-0.25, -0.2) is 10.2 Å². The quantitative estimate of drug-likeness (QED) is 0.0812. The number of ether oxygens (including phenoxy) is 1. The Hall–Kier alpha value is -4.43. The Balaban J connectivity index is 1.34. The molecule has 1 amide bonds. The summed E-state index contributed by atoms with van der Waals surface area (Å²) >= 11 is 16.2. The maximum atomic E-state index is 13.6. The number of hydrogen-bond acceptors (Lipinski definition) is 4. The summed E-state index contributed by atoms with van der Waals surface area (Å²) in [6, 6.07) is 31.0. The highest BCUT2D eigenvalue weighted by molar-refractivity contribution is 9.10. The van der Waals surface area contributed by atoms with Gasteiger partial charge in [0.1, 0.15) is 11.4 Å². The number of aromatic nitrogens is 1. The van der Waals surface area contributed by atoms with Crippen LogP contribution in [0.2, 0.25) is 10.0 Å². The number of amides is 1. The fourth-order valence-electron chi connectivity index (χ4n) is 4.76. The number of carbonyl (C=O) groups is 2. The van der Waals surface area contributed by atoms with Crippen LogP contribution in [0.1, 0.15) is 26.4 Å². The molecular weight excluding hydrogens is 637 g/mol. The van der Waals surface area contributed by atoms with Crippen molar-refractivity contribution in [3.8, 4) is 16.9 Å². The van der Waals surface area contributed by atoms with Crippen LogP contribution < -0.4 is 10.2 Å². The van der Waals surface area contributed by atoms with Gasteiger partial charge in [0.15, 0.2) is 0 Å². The van der Waals surface area contributed by atoms with Gasteiger partial charge in [-0.1, -0.05) is 106 Å². The van der Waals surface area contributed by atoms with Gasteiger partial charge in [-0.15, -0.1) is 0 Å². The zero-order valence-electron chi connectivity index (χ0n) is 21.7. The molecule has 9 heteroatoms. The highest BCUT2D eigenvalue weighted by Gasteiger charge is 2.22. The second kappa shape index (κ2) is 11.8. The normalized spacial score (nSPS) is 11.3. The Bertz CT molecular complexity index is 2040. The third-order valence-electron chi connectivity index (χ3n) is 6.71. The molecule has 0 unspecified atom stereocenters. The third-order valence-corrected chi connectivity index (χ3v) is 7.86. The van der Waals surface area contributed by atoms with Crippen molar-refractivity contribution < 1.29 is 14.3 Å². The summed E-state index contributed by atoms with van der Waals surface area (Å²) in [5.74, 6) is -0.836. The molecule has 1 heterocycles. The van der Waals surface area contributed by atoms with E-state index in [0.717, 1.165) is 31.7 Å². The molecule has 2 N–H and O–H groups in total. The lowest BCUT2D eigenvalue weighted by molar-refractivity contribution is 0.0734. The lowest BCUT2D eigenvalue weighted by atomic mass is 9.99. The van der Waals surface area contributed by atoms with Crippen molar-refractivity contribution in [2.24, 2.45) is 5.10 Å². The second-order valence-corrected chi connectivity index (χ2v) is 11.0. The lowest BCUT2D eigenvalue weighted by Gasteiger charge is -2.09. The van der Waals surface area contributed by atoms with Crippen LogP contribution in [-0.4, -0.2) is 23.1 Å². The van der Waals surface area contributed by atoms with E-state index in [-0.39, 0.29) is 16.3 Å². The van der Waals surface area contributed by atoms with Crippen LogP contribution in [0.5, 0.6) is 5.75 Å². The smallest absolute Gasteiger partial charge is 0.345 e. The van der Waals surface area contributed by atoms with Crippen LogP contribution in [-0.2, 0) is 0 Å². The fraction of sp³-hybridized carbons (Fsp3) is 0. The summed E-state index contributed by atoms with van der Waals surface area (Å²) < 4.78 is 6.34. The molecule has 6 rings (SSSR count). The number of nitrogens with one attached hydrogen (secondary N) is 2. The number of hydrogen-bond donors (Lipinski definition) is 2. The molecule has 0 saturated heterocycles. The van der Waals surface area contributed by atoms with Gasteiger partial charge in [-0.2, -0.15) is 5.10 Å². The average molecular weight is 657 g/mol. The molecule has 6 nitrogen and oxygen atoms in total. The first-order valence-electron chi connectivity index (χ1n) is 12.8. The van der Waals surface area contributed by atoms with E-state index < -0.39 is 11.9 Å². The molecule has 0 aliphatic carbocycles. The van der Waals surface area contributed by atoms with E-state index in [0.29, 0.717) is 21.8 Å². The molecule has 0 radical (unpaired) electrons. The van der Waals surface area contributed by atoms with Crippen molar-refractivity contribution >= 4 is 78.9 Å². The zero-order valence-corrected chi connectivity index (χ0v) is 24.8. The van der Waals surface area contributed by atoms with E-state index in [4.69, 9.17) is 27.9 Å². The first-order chi connectivity index (χ1) is 20.4. The monoisotopic (exact) mass is 655 g/mol. The number of hydrazone groups is 1. The standard InChI is InChI=1S/C33H20BrCl2N3O3/c34-21-14-16-28(42-33(41)24-10-4-6-12-27(24)36)20(17-21)18-37-39-32(40)31-29(23-9-3-5-11-26(23)35)25-15-13-19-7-1-2-8-22(19)30(25)38-31/h1-18,38H,(H,39,40). The minimum absolute atomic E-state index is 0.233. The molecule has 0 fully saturated rings. The number of rotatable bonds is 6. The Morgan fingerprint density at radius 2 is 1.57 bits per heavy atom. The van der Waals surface area contributed by atoms with Gasteiger partial charge in [-0.3, -0.25) is 4.79 Å². The van der Waals surface area contributed by atoms with Crippen LogP contribution >= 0.6 is 39.1 Å². The molecule has 1 aromatic heterocycles. The summed E-state index contributed by atoms with van der Waals surface area (Å²) in [5.41, 5.74) is 5.82. The van der Waals surface area contributed by atoms with Crippen molar-refractivity contribution in [2.75, 3.05) is 0 Å². The van der Waals surface area contributed by atoms with Crippen LogP contribution in [0.15, 0.2) is 113 Å². The van der Waals surface area contributed by atoms with Gasteiger partial charge in [-0.05, 0) is 41.8 Å². The lowest BCUT2D eigenvalue weighted by Crippen LogP contribution is -2.19. The SMILES string of the molecule is O=C(Oc1ccc(Br)cc1C=NNC(=O)c1[nH]c2c(ccc3ccccc32)c1-c1ccccc1Cl)c1ccccc1Cl. The maximum Gasteiger partial charge on any atom is 0.345 e. The predicted molar refractivity (Wildman–Crippen MR) is 172 cm³/mol. The van der Waals surface area contributed by atoms with Crippen molar-refractivity contribution in [3.05, 3.63) is 134 Å². The summed E-state index contributed by atoms with van der Waals surface area (Å²) in [6.45, 7) is 0. The summed E-state index contributed by atoms with van der Waals surface area (Å²) in [5, 5.41) is 7.86. The molecule has 0 saturated carbocycles. The topological polar surface area (TPSA) is 83.5 Å². The highest BCUT2D eigenvalue weighted by atomic mass is 79.9. The van der Waals surface area contributed by atoms with Gasteiger partial charge in [0.05, 0.1) is 22.3 Å². The number of fused-ring (bicyclic) bond motifs is 3. The van der Waals surface area contributed by atoms with E-state index in [1.807, 2.05) is 54.6 Å². The minimum Gasteiger partial charge on any atom is -0.422 e. The van der Waals surface area contributed by atoms with Crippen LogP contribution in [0.3, 0.4) is 0 Å². The molecule has 0 spiro atoms. The van der Waals surface area contributed by atoms with Crippen LogP contribution in [0.25, 0.3) is 32.8 Å². The van der Waals surface area contributed by atoms with E-state index in [2.05, 4.69) is 31.4 Å². The maximum absolute atomic E-state index is 13.6. The van der Waals surface area contributed by atoms with Crippen LogP contribution in [0, 0.1) is 0 Å². The number of aromatic amines is 1. The number of H-pyrrole nitrogens is 1. The Morgan fingerprint density at radius 3 is 2.38 bits per heavy atom. The molecular formula is C33H20BrCl2N3O3. The second-order valence-electron chi connectivity index (χ2n) is 9.31. The average Bonchev–Trinajstić information content (AvgIpc) is 3.39. The zero-order chi connectivity index (χ0) is 29.2. The van der Waals surface area contributed by atoms with E-state index in [1.165, 1.54) is 6.21 Å². The van der Waals surface area contributed by atoms with Gasteiger partial charge < -0.3 is 9.72 Å². The highest BCUT2D eigenvalue weighted by Crippen LogP contribution is 2.39. The van der Waals surface area contributed by atoms with Gasteiger partial charge in [0, 0.05) is 37.0 Å². The van der Waals surface area contributed by atoms with Crippen molar-refractivity contribution in [1.82, 2.24) is 10.4 Å². The Kier molecular flexibility index (Phi) is 7.80. The Morgan fingerprint density at radius 1 is 0.833 bits per heavy atom. The summed E-state index contributed by atoms with van der Waals surface area (Å²) in [6.07, 6.45) is 1.41. The molecule has 5 aromatic carbocycles. The molecule has 0 aliphatic rings. The van der Waals surface area contributed by atoms with Gasteiger partial charge in [0.2, 0.25) is 0 Å². The molecule has 0 bridgehead atoms. The predicted octanol–water partition coefficient (Wildman–Crippen LogP) is 9.04. The molecule has 206 valence electrons. The largest absolute Gasteiger partial charge is 0.422 e. The molecule has 0 atom stereocenters. The summed E-state index contributed by atoms with van der Waals surface area (Å²) in [7, 11) is 0. The fourth-order valence-corrected chi connectivity index (χ4v) is 5.58. The van der Waals surface area contributed by atoms with Crippen molar-refractivity contribution in [3.63, 3.8) is 0 Å². The number of halogens is 3. The van der Waals surface area contributed by atoms with Crippen molar-refractivity contribution in [2.45, 2.75) is 0 Å². The molecule has 0 aliphatic heterocycles. The van der Waals surface area contributed by atoms with Crippen LogP contribution in [0.4, 0.5) is 0 Å².